The molecule has 0 atom stereocenters. The highest BCUT2D eigenvalue weighted by Crippen LogP contribution is 2.10. The molecule has 7 heteroatoms. The fourth-order valence-electron chi connectivity index (χ4n) is 1.90. The van der Waals surface area contributed by atoms with Crippen LogP contribution in [0.1, 0.15) is 39.0 Å². The lowest BCUT2D eigenvalue weighted by atomic mass is 10.1. The van der Waals surface area contributed by atoms with Gasteiger partial charge in [0.1, 0.15) is 5.69 Å². The molecule has 0 saturated heterocycles. The lowest BCUT2D eigenvalue weighted by molar-refractivity contribution is 0.0689. The number of carbonyl (C=O) groups is 2. The van der Waals surface area contributed by atoms with E-state index in [9.17, 15) is 9.59 Å². The van der Waals surface area contributed by atoms with E-state index in [1.54, 1.807) is 0 Å². The van der Waals surface area contributed by atoms with Gasteiger partial charge in [0.25, 0.3) is 5.91 Å². The van der Waals surface area contributed by atoms with Crippen molar-refractivity contribution in [3.63, 3.8) is 0 Å². The largest absolute Gasteiger partial charge is 0.476 e. The number of hydrogen-bond acceptors (Lipinski definition) is 5. The lowest BCUT2D eigenvalue weighted by Gasteiger charge is -2.10. The van der Waals surface area contributed by atoms with Crippen LogP contribution < -0.4 is 5.32 Å². The van der Waals surface area contributed by atoms with Crippen LogP contribution in [-0.2, 0) is 17.9 Å². The molecule has 0 spiro atoms. The summed E-state index contributed by atoms with van der Waals surface area (Å²) in [5, 5.41) is 11.5. The number of nitrogens with one attached hydrogen (secondary N) is 1. The monoisotopic (exact) mass is 315 g/mol. The highest BCUT2D eigenvalue weighted by Gasteiger charge is 2.11. The molecule has 0 unspecified atom stereocenters. The first-order chi connectivity index (χ1) is 11.1. The molecule has 0 aliphatic carbocycles. The number of rotatable bonds is 7. The summed E-state index contributed by atoms with van der Waals surface area (Å²) in [6, 6.07) is 7.65. The van der Waals surface area contributed by atoms with Crippen molar-refractivity contribution in [3.05, 3.63) is 59.2 Å². The Labute approximate surface area is 133 Å². The summed E-state index contributed by atoms with van der Waals surface area (Å²) in [6.45, 7) is 3.34. The van der Waals surface area contributed by atoms with E-state index in [2.05, 4.69) is 15.3 Å². The number of carboxylic acid groups (broad SMARTS) is 1. The smallest absolute Gasteiger partial charge is 0.356 e. The van der Waals surface area contributed by atoms with Crippen molar-refractivity contribution in [2.45, 2.75) is 20.1 Å². The molecule has 1 aromatic carbocycles. The van der Waals surface area contributed by atoms with Gasteiger partial charge >= 0.3 is 5.97 Å². The van der Waals surface area contributed by atoms with E-state index in [1.165, 1.54) is 0 Å². The Morgan fingerprint density at radius 3 is 2.39 bits per heavy atom. The minimum absolute atomic E-state index is 0.0669. The van der Waals surface area contributed by atoms with Crippen molar-refractivity contribution in [1.29, 1.82) is 0 Å². The van der Waals surface area contributed by atoms with E-state index in [0.717, 1.165) is 23.5 Å². The highest BCUT2D eigenvalue weighted by atomic mass is 16.5. The van der Waals surface area contributed by atoms with Crippen LogP contribution in [0.4, 0.5) is 0 Å². The van der Waals surface area contributed by atoms with E-state index in [0.29, 0.717) is 19.8 Å². The molecule has 2 N–H and O–H groups in total. The molecule has 0 saturated carbocycles. The van der Waals surface area contributed by atoms with Gasteiger partial charge in [0.15, 0.2) is 5.69 Å². The van der Waals surface area contributed by atoms with Crippen LogP contribution >= 0.6 is 0 Å². The number of nitrogens with zero attached hydrogens (tertiary/aromatic N) is 2. The van der Waals surface area contributed by atoms with Crippen LogP contribution in [-0.4, -0.2) is 33.6 Å². The van der Waals surface area contributed by atoms with Gasteiger partial charge in [0.2, 0.25) is 0 Å². The van der Waals surface area contributed by atoms with Gasteiger partial charge in [-0.05, 0) is 18.1 Å². The maximum absolute atomic E-state index is 12.0. The average Bonchev–Trinajstić information content (AvgIpc) is 2.58. The fraction of sp³-hybridized carbons (Fsp3) is 0.250. The minimum Gasteiger partial charge on any atom is -0.476 e. The Hall–Kier alpha value is -2.80. The molecule has 1 amide bonds. The molecule has 0 radical (unpaired) electrons. The molecule has 1 heterocycles. The van der Waals surface area contributed by atoms with Crippen LogP contribution in [0.25, 0.3) is 0 Å². The molecule has 2 rings (SSSR count). The van der Waals surface area contributed by atoms with Gasteiger partial charge in [0.05, 0.1) is 19.0 Å². The van der Waals surface area contributed by atoms with Crippen molar-refractivity contribution >= 4 is 11.9 Å². The van der Waals surface area contributed by atoms with E-state index in [1.807, 2.05) is 31.2 Å². The summed E-state index contributed by atoms with van der Waals surface area (Å²) in [5.41, 5.74) is 1.81. The van der Waals surface area contributed by atoms with Crippen molar-refractivity contribution in [1.82, 2.24) is 15.3 Å². The third-order valence-electron chi connectivity index (χ3n) is 3.12. The van der Waals surface area contributed by atoms with Gasteiger partial charge in [-0.3, -0.25) is 4.79 Å². The van der Waals surface area contributed by atoms with Crippen LogP contribution in [0, 0.1) is 0 Å². The standard InChI is InChI=1S/C16H17N3O4/c1-2-23-10-12-6-4-3-5-11(12)7-19-15(20)13-8-18-14(9-17-13)16(21)22/h3-6,8-9H,2,7,10H2,1H3,(H,19,20)(H,21,22). The molecular weight excluding hydrogens is 298 g/mol. The SMILES string of the molecule is CCOCc1ccccc1CNC(=O)c1cnc(C(=O)O)cn1. The topological polar surface area (TPSA) is 101 Å². The van der Waals surface area contributed by atoms with Crippen LogP contribution in [0.3, 0.4) is 0 Å². The number of aromatic nitrogens is 2. The van der Waals surface area contributed by atoms with Crippen molar-refractivity contribution in [3.8, 4) is 0 Å². The lowest BCUT2D eigenvalue weighted by Crippen LogP contribution is -2.25. The third-order valence-corrected chi connectivity index (χ3v) is 3.12. The fourth-order valence-corrected chi connectivity index (χ4v) is 1.90. The van der Waals surface area contributed by atoms with Gasteiger partial charge in [-0.2, -0.15) is 0 Å². The molecule has 23 heavy (non-hydrogen) atoms. The summed E-state index contributed by atoms with van der Waals surface area (Å²) in [6.07, 6.45) is 2.20. The minimum atomic E-state index is -1.19. The molecule has 2 aromatic rings. The summed E-state index contributed by atoms with van der Waals surface area (Å²) >= 11 is 0. The normalized spacial score (nSPS) is 10.3. The predicted octanol–water partition coefficient (Wildman–Crippen LogP) is 1.64. The Bertz CT molecular complexity index is 686. The summed E-state index contributed by atoms with van der Waals surface area (Å²) in [5.74, 6) is -1.60. The number of carbonyl (C=O) groups excluding carboxylic acids is 1. The van der Waals surface area contributed by atoms with Gasteiger partial charge in [-0.25, -0.2) is 14.8 Å². The number of carboxylic acids is 1. The van der Waals surface area contributed by atoms with Crippen molar-refractivity contribution < 1.29 is 19.4 Å². The second-order valence-electron chi connectivity index (χ2n) is 4.68. The molecule has 7 nitrogen and oxygen atoms in total. The van der Waals surface area contributed by atoms with Crippen LogP contribution in [0.15, 0.2) is 36.7 Å². The van der Waals surface area contributed by atoms with Gasteiger partial charge in [0, 0.05) is 13.2 Å². The van der Waals surface area contributed by atoms with E-state index >= 15 is 0 Å². The second kappa shape index (κ2) is 8.00. The Morgan fingerprint density at radius 2 is 1.78 bits per heavy atom. The van der Waals surface area contributed by atoms with Gasteiger partial charge in [-0.15, -0.1) is 0 Å². The second-order valence-corrected chi connectivity index (χ2v) is 4.68. The summed E-state index contributed by atoms with van der Waals surface area (Å²) < 4.78 is 5.40. The zero-order valence-corrected chi connectivity index (χ0v) is 12.7. The first-order valence-electron chi connectivity index (χ1n) is 7.10. The molecule has 0 bridgehead atoms. The van der Waals surface area contributed by atoms with Gasteiger partial charge in [-0.1, -0.05) is 24.3 Å². The molecule has 120 valence electrons. The first-order valence-corrected chi connectivity index (χ1v) is 7.10. The highest BCUT2D eigenvalue weighted by molar-refractivity contribution is 5.92. The Morgan fingerprint density at radius 1 is 1.13 bits per heavy atom. The number of benzene rings is 1. The predicted molar refractivity (Wildman–Crippen MR) is 81.9 cm³/mol. The summed E-state index contributed by atoms with van der Waals surface area (Å²) in [7, 11) is 0. The Kier molecular flexibility index (Phi) is 5.76. The van der Waals surface area contributed by atoms with Crippen molar-refractivity contribution in [2.75, 3.05) is 6.61 Å². The number of hydrogen-bond donors (Lipinski definition) is 2. The van der Waals surface area contributed by atoms with E-state index in [4.69, 9.17) is 9.84 Å². The van der Waals surface area contributed by atoms with Crippen LogP contribution in [0.2, 0.25) is 0 Å². The molecule has 0 aliphatic rings. The molecule has 0 fully saturated rings. The first kappa shape index (κ1) is 16.6. The van der Waals surface area contributed by atoms with Gasteiger partial charge < -0.3 is 15.2 Å². The maximum atomic E-state index is 12.0. The van der Waals surface area contributed by atoms with E-state index in [-0.39, 0.29) is 11.4 Å². The zero-order valence-electron chi connectivity index (χ0n) is 12.7. The maximum Gasteiger partial charge on any atom is 0.356 e. The number of ether oxygens (including phenoxy) is 1. The zero-order chi connectivity index (χ0) is 16.7. The number of aromatic carboxylic acids is 1. The summed E-state index contributed by atoms with van der Waals surface area (Å²) in [4.78, 5) is 30.2. The van der Waals surface area contributed by atoms with E-state index < -0.39 is 11.9 Å². The molecular formula is C16H17N3O4. The van der Waals surface area contributed by atoms with Crippen molar-refractivity contribution in [2.24, 2.45) is 0 Å². The van der Waals surface area contributed by atoms with Crippen LogP contribution in [0.5, 0.6) is 0 Å². The average molecular weight is 315 g/mol. The quantitative estimate of drug-likeness (QED) is 0.805. The Balaban J connectivity index is 2.00. The number of amides is 1. The molecule has 1 aromatic heterocycles. The third kappa shape index (κ3) is 4.58. The molecule has 0 aliphatic heterocycles.